The highest BCUT2D eigenvalue weighted by atomic mass is 16.3. The molecular formula is C19H29NO4. The third-order valence-corrected chi connectivity index (χ3v) is 3.90. The van der Waals surface area contributed by atoms with E-state index in [1.54, 1.807) is 0 Å². The number of phenols is 3. The monoisotopic (exact) mass is 335 g/mol. The van der Waals surface area contributed by atoms with Crippen LogP contribution in [-0.2, 0) is 4.79 Å². The van der Waals surface area contributed by atoms with Gasteiger partial charge >= 0.3 is 0 Å². The molecule has 0 spiro atoms. The molecule has 4 N–H and O–H groups in total. The molecule has 0 heterocycles. The summed E-state index contributed by atoms with van der Waals surface area (Å²) in [5.74, 6) is -1.67. The SMILES string of the molecule is CCCCCCCCCCNC(=O)/C=C/c1ccc(O)c(O)c1O. The number of unbranched alkanes of at least 4 members (excludes halogenated alkanes) is 7. The van der Waals surface area contributed by atoms with E-state index >= 15 is 0 Å². The van der Waals surface area contributed by atoms with Crippen LogP contribution in [0.5, 0.6) is 17.2 Å². The summed E-state index contributed by atoms with van der Waals surface area (Å²) in [5, 5.41) is 31.1. The van der Waals surface area contributed by atoms with Crippen LogP contribution in [0.15, 0.2) is 18.2 Å². The van der Waals surface area contributed by atoms with Crippen molar-refractivity contribution in [2.24, 2.45) is 0 Å². The molecule has 1 amide bonds. The van der Waals surface area contributed by atoms with Gasteiger partial charge in [0.15, 0.2) is 11.5 Å². The lowest BCUT2D eigenvalue weighted by molar-refractivity contribution is -0.116. The average molecular weight is 335 g/mol. The first-order chi connectivity index (χ1) is 11.6. The summed E-state index contributed by atoms with van der Waals surface area (Å²) < 4.78 is 0. The van der Waals surface area contributed by atoms with Crippen molar-refractivity contribution in [2.75, 3.05) is 6.54 Å². The van der Waals surface area contributed by atoms with E-state index in [4.69, 9.17) is 0 Å². The van der Waals surface area contributed by atoms with Crippen LogP contribution in [0.2, 0.25) is 0 Å². The number of hydrogen-bond donors (Lipinski definition) is 4. The van der Waals surface area contributed by atoms with Crippen LogP contribution in [0.25, 0.3) is 6.08 Å². The van der Waals surface area contributed by atoms with Gasteiger partial charge in [-0.15, -0.1) is 0 Å². The van der Waals surface area contributed by atoms with Crippen LogP contribution < -0.4 is 5.32 Å². The maximum atomic E-state index is 11.7. The van der Waals surface area contributed by atoms with Gasteiger partial charge in [-0.2, -0.15) is 0 Å². The number of carbonyl (C=O) groups excluding carboxylic acids is 1. The zero-order valence-electron chi connectivity index (χ0n) is 14.4. The van der Waals surface area contributed by atoms with E-state index in [9.17, 15) is 20.1 Å². The molecule has 0 fully saturated rings. The van der Waals surface area contributed by atoms with E-state index in [2.05, 4.69) is 12.2 Å². The fraction of sp³-hybridized carbons (Fsp3) is 0.526. The molecule has 0 saturated heterocycles. The first-order valence-corrected chi connectivity index (χ1v) is 8.76. The molecule has 0 aliphatic carbocycles. The second-order valence-corrected chi connectivity index (χ2v) is 5.97. The molecule has 5 nitrogen and oxygen atoms in total. The van der Waals surface area contributed by atoms with Gasteiger partial charge in [-0.05, 0) is 24.6 Å². The Morgan fingerprint density at radius 1 is 0.958 bits per heavy atom. The van der Waals surface area contributed by atoms with Gasteiger partial charge in [0.05, 0.1) is 0 Å². The highest BCUT2D eigenvalue weighted by Crippen LogP contribution is 2.37. The van der Waals surface area contributed by atoms with E-state index < -0.39 is 17.2 Å². The van der Waals surface area contributed by atoms with Crippen molar-refractivity contribution in [3.8, 4) is 17.2 Å². The molecular weight excluding hydrogens is 306 g/mol. The Hall–Kier alpha value is -2.17. The number of hydrogen-bond acceptors (Lipinski definition) is 4. The Bertz CT molecular complexity index is 540. The minimum atomic E-state index is -0.587. The molecule has 1 aromatic rings. The van der Waals surface area contributed by atoms with Gasteiger partial charge in [0.2, 0.25) is 11.7 Å². The summed E-state index contributed by atoms with van der Waals surface area (Å²) in [4.78, 5) is 11.7. The van der Waals surface area contributed by atoms with Gasteiger partial charge in [0.1, 0.15) is 0 Å². The van der Waals surface area contributed by atoms with Crippen LogP contribution in [-0.4, -0.2) is 27.8 Å². The third-order valence-electron chi connectivity index (χ3n) is 3.90. The second-order valence-electron chi connectivity index (χ2n) is 5.97. The number of carbonyl (C=O) groups is 1. The standard InChI is InChI=1S/C19H29NO4/c1-2-3-4-5-6-7-8-9-14-20-17(22)13-11-15-10-12-16(21)19(24)18(15)23/h10-13,21,23-24H,2-9,14H2,1H3,(H,20,22)/b13-11+. The van der Waals surface area contributed by atoms with Crippen LogP contribution in [0.4, 0.5) is 0 Å². The van der Waals surface area contributed by atoms with Crippen LogP contribution in [0.1, 0.15) is 63.9 Å². The zero-order chi connectivity index (χ0) is 17.8. The van der Waals surface area contributed by atoms with Gasteiger partial charge in [-0.25, -0.2) is 0 Å². The topological polar surface area (TPSA) is 89.8 Å². The van der Waals surface area contributed by atoms with E-state index in [1.165, 1.54) is 62.8 Å². The summed E-state index contributed by atoms with van der Waals surface area (Å²) in [7, 11) is 0. The molecule has 0 aromatic heterocycles. The molecule has 0 saturated carbocycles. The largest absolute Gasteiger partial charge is 0.504 e. The number of rotatable bonds is 11. The van der Waals surface area contributed by atoms with Crippen molar-refractivity contribution < 1.29 is 20.1 Å². The Balaban J connectivity index is 2.19. The third kappa shape index (κ3) is 7.40. The Kier molecular flexibility index (Phi) is 9.42. The molecule has 0 aliphatic heterocycles. The molecule has 0 aliphatic rings. The molecule has 134 valence electrons. The van der Waals surface area contributed by atoms with E-state index in [-0.39, 0.29) is 11.5 Å². The summed E-state index contributed by atoms with van der Waals surface area (Å²) in [5.41, 5.74) is 0.271. The summed E-state index contributed by atoms with van der Waals surface area (Å²) in [6.07, 6.45) is 12.4. The predicted octanol–water partition coefficient (Wildman–Crippen LogP) is 4.07. The second kappa shape index (κ2) is 11.4. The summed E-state index contributed by atoms with van der Waals surface area (Å²) in [6.45, 7) is 2.84. The molecule has 0 bridgehead atoms. The van der Waals surface area contributed by atoms with E-state index in [1.807, 2.05) is 0 Å². The van der Waals surface area contributed by atoms with Crippen molar-refractivity contribution in [2.45, 2.75) is 58.3 Å². The van der Waals surface area contributed by atoms with Crippen LogP contribution in [0.3, 0.4) is 0 Å². The minimum Gasteiger partial charge on any atom is -0.504 e. The number of benzene rings is 1. The van der Waals surface area contributed by atoms with Gasteiger partial charge in [-0.1, -0.05) is 51.9 Å². The highest BCUT2D eigenvalue weighted by molar-refractivity contribution is 5.92. The van der Waals surface area contributed by atoms with Crippen molar-refractivity contribution in [1.82, 2.24) is 5.32 Å². The summed E-state index contributed by atoms with van der Waals surface area (Å²) >= 11 is 0. The zero-order valence-corrected chi connectivity index (χ0v) is 14.4. The molecule has 24 heavy (non-hydrogen) atoms. The normalized spacial score (nSPS) is 11.0. The number of amides is 1. The summed E-state index contributed by atoms with van der Waals surface area (Å²) in [6, 6.07) is 2.68. The molecule has 1 aromatic carbocycles. The average Bonchev–Trinajstić information content (AvgIpc) is 2.57. The van der Waals surface area contributed by atoms with Crippen LogP contribution in [0, 0.1) is 0 Å². The van der Waals surface area contributed by atoms with Crippen LogP contribution >= 0.6 is 0 Å². The molecule has 0 radical (unpaired) electrons. The minimum absolute atomic E-state index is 0.245. The Labute approximate surface area is 144 Å². The number of aromatic hydroxyl groups is 3. The molecule has 0 atom stereocenters. The van der Waals surface area contributed by atoms with Gasteiger partial charge in [-0.3, -0.25) is 4.79 Å². The molecule has 0 unspecified atom stereocenters. The number of phenolic OH excluding ortho intramolecular Hbond substituents is 3. The van der Waals surface area contributed by atoms with Gasteiger partial charge in [0.25, 0.3) is 0 Å². The maximum Gasteiger partial charge on any atom is 0.244 e. The quantitative estimate of drug-likeness (QED) is 0.279. The molecule has 1 rings (SSSR count). The molecule has 5 heteroatoms. The highest BCUT2D eigenvalue weighted by Gasteiger charge is 2.08. The fourth-order valence-electron chi connectivity index (χ4n) is 2.41. The van der Waals surface area contributed by atoms with Crippen molar-refractivity contribution in [3.63, 3.8) is 0 Å². The fourth-order valence-corrected chi connectivity index (χ4v) is 2.41. The smallest absolute Gasteiger partial charge is 0.244 e. The lowest BCUT2D eigenvalue weighted by Crippen LogP contribution is -2.21. The van der Waals surface area contributed by atoms with E-state index in [0.717, 1.165) is 12.8 Å². The van der Waals surface area contributed by atoms with Gasteiger partial charge < -0.3 is 20.6 Å². The van der Waals surface area contributed by atoms with Crippen molar-refractivity contribution >= 4 is 12.0 Å². The predicted molar refractivity (Wildman–Crippen MR) is 96.1 cm³/mol. The maximum absolute atomic E-state index is 11.7. The van der Waals surface area contributed by atoms with Crippen molar-refractivity contribution in [1.29, 1.82) is 0 Å². The first kappa shape index (κ1) is 19.9. The van der Waals surface area contributed by atoms with Gasteiger partial charge in [0, 0.05) is 18.2 Å². The Morgan fingerprint density at radius 2 is 1.58 bits per heavy atom. The lowest BCUT2D eigenvalue weighted by atomic mass is 10.1. The lowest BCUT2D eigenvalue weighted by Gasteiger charge is -2.04. The van der Waals surface area contributed by atoms with Crippen molar-refractivity contribution in [3.05, 3.63) is 23.8 Å². The Morgan fingerprint density at radius 3 is 2.25 bits per heavy atom. The number of nitrogens with one attached hydrogen (secondary N) is 1. The van der Waals surface area contributed by atoms with E-state index in [0.29, 0.717) is 6.54 Å². The first-order valence-electron chi connectivity index (χ1n) is 8.76.